The maximum atomic E-state index is 13.6. The normalized spacial score (nSPS) is 11.1. The van der Waals surface area contributed by atoms with E-state index in [9.17, 15) is 9.18 Å². The van der Waals surface area contributed by atoms with Crippen molar-refractivity contribution in [2.75, 3.05) is 40.5 Å². The lowest BCUT2D eigenvalue weighted by atomic mass is 10.2. The van der Waals surface area contributed by atoms with E-state index >= 15 is 0 Å². The van der Waals surface area contributed by atoms with E-state index in [1.54, 1.807) is 25.2 Å². The van der Waals surface area contributed by atoms with Crippen LogP contribution in [0.5, 0.6) is 0 Å². The number of imidazole rings is 1. The number of amides is 1. The minimum Gasteiger partial charge on any atom is -0.383 e. The monoisotopic (exact) mass is 323 g/mol. The molecule has 0 N–H and O–H groups in total. The number of aryl methyl sites for hydroxylation is 1. The number of methoxy groups -OCH3 is 2. The molecule has 2 aromatic rings. The maximum Gasteiger partial charge on any atom is 0.272 e. The van der Waals surface area contributed by atoms with Crippen molar-refractivity contribution in [1.29, 1.82) is 0 Å². The van der Waals surface area contributed by atoms with Gasteiger partial charge in [0.15, 0.2) is 0 Å². The number of fused-ring (bicyclic) bond motifs is 1. The lowest BCUT2D eigenvalue weighted by molar-refractivity contribution is 0.0619. The molecule has 0 saturated carbocycles. The van der Waals surface area contributed by atoms with Gasteiger partial charge in [-0.05, 0) is 18.6 Å². The van der Waals surface area contributed by atoms with Crippen molar-refractivity contribution >= 4 is 11.6 Å². The molecule has 2 aromatic heterocycles. The van der Waals surface area contributed by atoms with E-state index in [1.165, 1.54) is 16.7 Å². The molecule has 2 rings (SSSR count). The lowest BCUT2D eigenvalue weighted by Crippen LogP contribution is -2.37. The average molecular weight is 323 g/mol. The predicted molar refractivity (Wildman–Crippen MR) is 84.2 cm³/mol. The second-order valence-corrected chi connectivity index (χ2v) is 5.11. The summed E-state index contributed by atoms with van der Waals surface area (Å²) in [5.41, 5.74) is 1.61. The molecule has 0 aliphatic heterocycles. The molecule has 1 amide bonds. The Morgan fingerprint density at radius 2 is 1.91 bits per heavy atom. The number of carbonyl (C=O) groups excluding carboxylic acids is 1. The van der Waals surface area contributed by atoms with Gasteiger partial charge in [-0.15, -0.1) is 0 Å². The van der Waals surface area contributed by atoms with E-state index in [-0.39, 0.29) is 5.91 Å². The van der Waals surface area contributed by atoms with E-state index in [2.05, 4.69) is 4.98 Å². The van der Waals surface area contributed by atoms with Crippen LogP contribution in [0, 0.1) is 5.82 Å². The number of nitrogens with zero attached hydrogens (tertiary/aromatic N) is 3. The number of hydrogen-bond acceptors (Lipinski definition) is 4. The first kappa shape index (κ1) is 17.4. The molecule has 6 nitrogen and oxygen atoms in total. The summed E-state index contributed by atoms with van der Waals surface area (Å²) in [6, 6.07) is 2.91. The third-order valence-corrected chi connectivity index (χ3v) is 3.61. The molecule has 0 aliphatic rings. The number of aromatic nitrogens is 2. The highest BCUT2D eigenvalue weighted by molar-refractivity contribution is 5.94. The van der Waals surface area contributed by atoms with Crippen molar-refractivity contribution in [3.63, 3.8) is 0 Å². The van der Waals surface area contributed by atoms with Crippen LogP contribution in [0.3, 0.4) is 0 Å². The van der Waals surface area contributed by atoms with E-state index in [0.29, 0.717) is 49.8 Å². The van der Waals surface area contributed by atoms with Gasteiger partial charge in [0.25, 0.3) is 5.91 Å². The maximum absolute atomic E-state index is 13.6. The number of carbonyl (C=O) groups is 1. The van der Waals surface area contributed by atoms with E-state index in [4.69, 9.17) is 9.47 Å². The quantitative estimate of drug-likeness (QED) is 0.743. The van der Waals surface area contributed by atoms with Crippen LogP contribution in [0.1, 0.15) is 23.1 Å². The van der Waals surface area contributed by atoms with Crippen molar-refractivity contribution < 1.29 is 18.7 Å². The molecule has 0 atom stereocenters. The molecule has 0 fully saturated rings. The highest BCUT2D eigenvalue weighted by atomic mass is 19.1. The minimum atomic E-state index is -0.410. The smallest absolute Gasteiger partial charge is 0.272 e. The lowest BCUT2D eigenvalue weighted by Gasteiger charge is -2.22. The van der Waals surface area contributed by atoms with Crippen LogP contribution in [0.15, 0.2) is 18.3 Å². The second-order valence-electron chi connectivity index (χ2n) is 5.11. The van der Waals surface area contributed by atoms with E-state index in [0.717, 1.165) is 0 Å². The third kappa shape index (κ3) is 3.86. The van der Waals surface area contributed by atoms with Gasteiger partial charge in [-0.1, -0.05) is 6.92 Å². The van der Waals surface area contributed by atoms with Crippen molar-refractivity contribution in [1.82, 2.24) is 14.3 Å². The minimum absolute atomic E-state index is 0.200. The Morgan fingerprint density at radius 3 is 2.48 bits per heavy atom. The molecule has 0 aliphatic carbocycles. The van der Waals surface area contributed by atoms with Gasteiger partial charge < -0.3 is 14.4 Å². The zero-order valence-electron chi connectivity index (χ0n) is 13.7. The van der Waals surface area contributed by atoms with Crippen molar-refractivity contribution in [2.45, 2.75) is 13.3 Å². The van der Waals surface area contributed by atoms with Crippen molar-refractivity contribution in [3.8, 4) is 0 Å². The second kappa shape index (κ2) is 8.03. The number of ether oxygens (including phenoxy) is 2. The van der Waals surface area contributed by atoms with Gasteiger partial charge in [0, 0.05) is 33.5 Å². The fourth-order valence-electron chi connectivity index (χ4n) is 2.41. The Kier molecular flexibility index (Phi) is 6.06. The molecule has 0 bridgehead atoms. The van der Waals surface area contributed by atoms with Crippen molar-refractivity contribution in [3.05, 3.63) is 35.5 Å². The highest BCUT2D eigenvalue weighted by Crippen LogP contribution is 2.17. The van der Waals surface area contributed by atoms with Crippen LogP contribution >= 0.6 is 0 Å². The summed E-state index contributed by atoms with van der Waals surface area (Å²) in [7, 11) is 3.17. The average Bonchev–Trinajstić information content (AvgIpc) is 2.92. The van der Waals surface area contributed by atoms with Crippen LogP contribution < -0.4 is 0 Å². The Balaban J connectivity index is 2.41. The first-order valence-corrected chi connectivity index (χ1v) is 7.56. The predicted octanol–water partition coefficient (Wildman–Crippen LogP) is 1.77. The number of hydrogen-bond donors (Lipinski definition) is 0. The number of pyridine rings is 1. The van der Waals surface area contributed by atoms with Crippen LogP contribution in [0.2, 0.25) is 0 Å². The van der Waals surface area contributed by atoms with E-state index < -0.39 is 5.82 Å². The SMILES string of the molecule is CCc1nc2ccc(F)cn2c1C(=O)N(CCOC)CCOC. The fourth-order valence-corrected chi connectivity index (χ4v) is 2.41. The molecule has 0 unspecified atom stereocenters. The van der Waals surface area contributed by atoms with Gasteiger partial charge in [0.05, 0.1) is 18.9 Å². The topological polar surface area (TPSA) is 56.1 Å². The Labute approximate surface area is 134 Å². The summed E-state index contributed by atoms with van der Waals surface area (Å²) in [5.74, 6) is -0.610. The fraction of sp³-hybridized carbons (Fsp3) is 0.500. The molecular formula is C16H22FN3O3. The van der Waals surface area contributed by atoms with Crippen LogP contribution in [-0.4, -0.2) is 60.7 Å². The summed E-state index contributed by atoms with van der Waals surface area (Å²) in [4.78, 5) is 19.0. The van der Waals surface area contributed by atoms with Gasteiger partial charge in [0.1, 0.15) is 17.2 Å². The standard InChI is InChI=1S/C16H22FN3O3/c1-4-13-15(20-11-12(17)5-6-14(20)18-13)16(21)19(7-9-22-2)8-10-23-3/h5-6,11H,4,7-10H2,1-3H3. The molecule has 23 heavy (non-hydrogen) atoms. The molecular weight excluding hydrogens is 301 g/mol. The largest absolute Gasteiger partial charge is 0.383 e. The van der Waals surface area contributed by atoms with Crippen LogP contribution in [0.4, 0.5) is 4.39 Å². The number of rotatable bonds is 8. The molecule has 0 radical (unpaired) electrons. The summed E-state index contributed by atoms with van der Waals surface area (Å²) in [5, 5.41) is 0. The Hall–Kier alpha value is -1.99. The molecule has 0 spiro atoms. The first-order chi connectivity index (χ1) is 11.1. The summed E-state index contributed by atoms with van der Waals surface area (Å²) >= 11 is 0. The van der Waals surface area contributed by atoms with E-state index in [1.807, 2.05) is 6.92 Å². The first-order valence-electron chi connectivity index (χ1n) is 7.56. The van der Waals surface area contributed by atoms with Crippen molar-refractivity contribution in [2.24, 2.45) is 0 Å². The zero-order chi connectivity index (χ0) is 16.8. The molecule has 7 heteroatoms. The summed E-state index contributed by atoms with van der Waals surface area (Å²) < 4.78 is 25.2. The van der Waals surface area contributed by atoms with Gasteiger partial charge in [0.2, 0.25) is 0 Å². The Bertz CT molecular complexity index is 664. The molecule has 0 saturated heterocycles. The van der Waals surface area contributed by atoms with Crippen LogP contribution in [0.25, 0.3) is 5.65 Å². The van der Waals surface area contributed by atoms with Gasteiger partial charge >= 0.3 is 0 Å². The molecule has 126 valence electrons. The van der Waals surface area contributed by atoms with Gasteiger partial charge in [-0.25, -0.2) is 9.37 Å². The summed E-state index contributed by atoms with van der Waals surface area (Å²) in [6.07, 6.45) is 1.88. The summed E-state index contributed by atoms with van der Waals surface area (Å²) in [6.45, 7) is 3.63. The highest BCUT2D eigenvalue weighted by Gasteiger charge is 2.23. The van der Waals surface area contributed by atoms with Crippen LogP contribution in [-0.2, 0) is 15.9 Å². The molecule has 0 aromatic carbocycles. The van der Waals surface area contributed by atoms with Gasteiger partial charge in [-0.3, -0.25) is 9.20 Å². The third-order valence-electron chi connectivity index (χ3n) is 3.61. The molecule has 2 heterocycles. The zero-order valence-corrected chi connectivity index (χ0v) is 13.7. The number of halogens is 1. The Morgan fingerprint density at radius 1 is 1.26 bits per heavy atom. The van der Waals surface area contributed by atoms with Gasteiger partial charge in [-0.2, -0.15) is 0 Å².